The molecule has 2 aliphatic rings. The van der Waals surface area contributed by atoms with Gasteiger partial charge in [-0.25, -0.2) is 13.8 Å². The number of thioether (sulfide) groups is 1. The van der Waals surface area contributed by atoms with Crippen LogP contribution in [0.2, 0.25) is 0 Å². The van der Waals surface area contributed by atoms with Gasteiger partial charge in [-0.3, -0.25) is 9.89 Å². The first-order chi connectivity index (χ1) is 17.4. The summed E-state index contributed by atoms with van der Waals surface area (Å²) in [5, 5.41) is 9.75. The lowest BCUT2D eigenvalue weighted by Crippen LogP contribution is -2.33. The van der Waals surface area contributed by atoms with E-state index < -0.39 is 5.92 Å². The number of nitrogens with two attached hydrogens (primary N) is 1. The third-order valence-corrected chi connectivity index (χ3v) is 7.60. The van der Waals surface area contributed by atoms with Crippen molar-refractivity contribution in [2.75, 3.05) is 39.5 Å². The van der Waals surface area contributed by atoms with Crippen molar-refractivity contribution in [2.24, 2.45) is 16.6 Å². The summed E-state index contributed by atoms with van der Waals surface area (Å²) in [5.41, 5.74) is 5.41. The van der Waals surface area contributed by atoms with Crippen LogP contribution in [0.3, 0.4) is 0 Å². The zero-order chi connectivity index (χ0) is 27.8. The first-order valence-electron chi connectivity index (χ1n) is 12.2. The van der Waals surface area contributed by atoms with Crippen LogP contribution in [-0.2, 0) is 11.2 Å². The molecular formula is C26H46F2N4O2S2. The molecule has 0 saturated heterocycles. The molecule has 1 aliphatic carbocycles. The summed E-state index contributed by atoms with van der Waals surface area (Å²) in [5.74, 6) is -1.90. The molecule has 0 spiro atoms. The summed E-state index contributed by atoms with van der Waals surface area (Å²) in [7, 11) is 2.50. The standard InChI is InChI=1S/C17H28F2N2S.C5H5NOS.C2H4.CH5N.CH4O/c1-17(18,19)13-22-16-9-11-21(12-15(16)20-2)10-8-14-6-4-3-5-7-14;7-3-1-5-6-2-4-8-5;3*1-2/h14H,2-13H2,1H3;2-4H,1H2;1-2H2;2H2,1H3;2H,1H3. The number of aliphatic hydroxyl groups excluding tert-OH is 1. The van der Waals surface area contributed by atoms with Crippen molar-refractivity contribution in [1.29, 1.82) is 0 Å². The third-order valence-electron chi connectivity index (χ3n) is 5.36. The Morgan fingerprint density at radius 2 is 1.94 bits per heavy atom. The van der Waals surface area contributed by atoms with Gasteiger partial charge in [-0.2, -0.15) is 0 Å². The van der Waals surface area contributed by atoms with Crippen molar-refractivity contribution in [3.63, 3.8) is 0 Å². The summed E-state index contributed by atoms with van der Waals surface area (Å²) in [4.78, 5) is 21.2. The predicted molar refractivity (Wildman–Crippen MR) is 153 cm³/mol. The monoisotopic (exact) mass is 548 g/mol. The number of hydrogen-bond acceptors (Lipinski definition) is 8. The largest absolute Gasteiger partial charge is 0.400 e. The summed E-state index contributed by atoms with van der Waals surface area (Å²) in [6.07, 6.45) is 12.0. The summed E-state index contributed by atoms with van der Waals surface area (Å²) in [6, 6.07) is 0. The van der Waals surface area contributed by atoms with Gasteiger partial charge in [-0.15, -0.1) is 36.3 Å². The van der Waals surface area contributed by atoms with E-state index in [4.69, 9.17) is 5.11 Å². The molecule has 1 fully saturated rings. The molecule has 10 heteroatoms. The molecule has 2 heterocycles. The first-order valence-corrected chi connectivity index (χ1v) is 14.0. The number of aliphatic imine (C=N–C) groups is 1. The maximum atomic E-state index is 13.0. The lowest BCUT2D eigenvalue weighted by atomic mass is 9.87. The van der Waals surface area contributed by atoms with Crippen molar-refractivity contribution in [3.8, 4) is 0 Å². The number of alkyl halides is 2. The number of carbonyl (C=O) groups excluding carboxylic acids is 1. The number of thiazole rings is 1. The molecule has 0 amide bonds. The molecular weight excluding hydrogens is 502 g/mol. The Labute approximate surface area is 225 Å². The molecule has 208 valence electrons. The number of hydrogen-bond donors (Lipinski definition) is 2. The number of aldehydes is 1. The van der Waals surface area contributed by atoms with Gasteiger partial charge in [0.25, 0.3) is 5.92 Å². The minimum Gasteiger partial charge on any atom is -0.400 e. The summed E-state index contributed by atoms with van der Waals surface area (Å²) >= 11 is 2.76. The normalized spacial score (nSPS) is 16.0. The van der Waals surface area contributed by atoms with E-state index in [2.05, 4.69) is 40.5 Å². The molecule has 1 aliphatic heterocycles. The van der Waals surface area contributed by atoms with Gasteiger partial charge in [0, 0.05) is 43.6 Å². The van der Waals surface area contributed by atoms with Crippen molar-refractivity contribution >= 4 is 36.1 Å². The third kappa shape index (κ3) is 17.9. The minimum atomic E-state index is -2.62. The van der Waals surface area contributed by atoms with Crippen LogP contribution < -0.4 is 5.73 Å². The second kappa shape index (κ2) is 23.9. The van der Waals surface area contributed by atoms with E-state index in [-0.39, 0.29) is 5.75 Å². The van der Waals surface area contributed by atoms with Crippen LogP contribution in [0.25, 0.3) is 0 Å². The highest BCUT2D eigenvalue weighted by Crippen LogP contribution is 2.33. The molecule has 3 N–H and O–H groups in total. The van der Waals surface area contributed by atoms with Gasteiger partial charge >= 0.3 is 0 Å². The molecule has 1 aromatic heterocycles. The molecule has 0 atom stereocenters. The smallest absolute Gasteiger partial charge is 0.254 e. The Morgan fingerprint density at radius 3 is 2.44 bits per heavy atom. The number of rotatable bonds is 9. The van der Waals surface area contributed by atoms with Crippen LogP contribution in [0.1, 0.15) is 56.9 Å². The minimum absolute atomic E-state index is 0.163. The van der Waals surface area contributed by atoms with Gasteiger partial charge in [0.15, 0.2) is 0 Å². The molecule has 1 saturated carbocycles. The Hall–Kier alpha value is -1.46. The Balaban J connectivity index is 0. The average molecular weight is 549 g/mol. The van der Waals surface area contributed by atoms with Crippen molar-refractivity contribution in [3.05, 3.63) is 40.3 Å². The molecule has 36 heavy (non-hydrogen) atoms. The SMILES string of the molecule is C=C.C=NC1=C(SCC(C)(F)F)CCN(CCC2CCCCC2)C1.CN.CO.O=CCc1nccs1. The van der Waals surface area contributed by atoms with Gasteiger partial charge in [0.1, 0.15) is 6.29 Å². The van der Waals surface area contributed by atoms with Gasteiger partial charge in [-0.1, -0.05) is 32.1 Å². The van der Waals surface area contributed by atoms with Crippen LogP contribution in [0, 0.1) is 5.92 Å². The van der Waals surface area contributed by atoms with Crippen molar-refractivity contribution in [2.45, 2.75) is 64.2 Å². The van der Waals surface area contributed by atoms with E-state index in [1.54, 1.807) is 6.20 Å². The highest BCUT2D eigenvalue weighted by molar-refractivity contribution is 8.03. The predicted octanol–water partition coefficient (Wildman–Crippen LogP) is 5.83. The zero-order valence-corrected chi connectivity index (χ0v) is 23.9. The van der Waals surface area contributed by atoms with E-state index in [9.17, 15) is 13.6 Å². The lowest BCUT2D eigenvalue weighted by molar-refractivity contribution is -0.107. The first kappa shape index (κ1) is 36.7. The van der Waals surface area contributed by atoms with E-state index in [1.165, 1.54) is 68.7 Å². The molecule has 3 rings (SSSR count). The highest BCUT2D eigenvalue weighted by atomic mass is 32.2. The van der Waals surface area contributed by atoms with Gasteiger partial charge < -0.3 is 15.6 Å². The van der Waals surface area contributed by atoms with E-state index in [1.807, 2.05) is 5.38 Å². The van der Waals surface area contributed by atoms with Crippen LogP contribution in [0.4, 0.5) is 8.78 Å². The number of nitrogens with zero attached hydrogens (tertiary/aromatic N) is 3. The second-order valence-corrected chi connectivity index (χ2v) is 10.1. The average Bonchev–Trinajstić information content (AvgIpc) is 3.44. The fraction of sp³-hybridized carbons (Fsp3) is 0.654. The maximum absolute atomic E-state index is 13.0. The highest BCUT2D eigenvalue weighted by Gasteiger charge is 2.25. The van der Waals surface area contributed by atoms with Crippen LogP contribution in [0.5, 0.6) is 0 Å². The maximum Gasteiger partial charge on any atom is 0.254 e. The molecule has 6 nitrogen and oxygen atoms in total. The topological polar surface area (TPSA) is 91.8 Å². The van der Waals surface area contributed by atoms with Gasteiger partial charge in [0.05, 0.1) is 22.9 Å². The molecule has 0 radical (unpaired) electrons. The van der Waals surface area contributed by atoms with Crippen LogP contribution in [0.15, 0.2) is 40.3 Å². The van der Waals surface area contributed by atoms with Crippen molar-refractivity contribution < 1.29 is 18.7 Å². The number of carbonyl (C=O) groups is 1. The zero-order valence-electron chi connectivity index (χ0n) is 22.3. The lowest BCUT2D eigenvalue weighted by Gasteiger charge is -2.31. The number of halogens is 2. The van der Waals surface area contributed by atoms with Crippen molar-refractivity contribution in [1.82, 2.24) is 9.88 Å². The second-order valence-electron chi connectivity index (χ2n) is 8.00. The van der Waals surface area contributed by atoms with Gasteiger partial charge in [-0.05, 0) is 39.1 Å². The Morgan fingerprint density at radius 1 is 1.31 bits per heavy atom. The molecule has 0 bridgehead atoms. The van der Waals surface area contributed by atoms with Gasteiger partial charge in [0.2, 0.25) is 0 Å². The Bertz CT molecular complexity index is 693. The molecule has 0 aromatic carbocycles. The van der Waals surface area contributed by atoms with Crippen LogP contribution >= 0.6 is 23.1 Å². The quantitative estimate of drug-likeness (QED) is 0.229. The number of aromatic nitrogens is 1. The number of aliphatic hydroxyl groups is 1. The Kier molecular flexibility index (Phi) is 24.4. The fourth-order valence-electron chi connectivity index (χ4n) is 3.75. The fourth-order valence-corrected chi connectivity index (χ4v) is 5.27. The molecule has 0 unspecified atom stereocenters. The van der Waals surface area contributed by atoms with E-state index in [0.29, 0.717) is 6.42 Å². The van der Waals surface area contributed by atoms with E-state index >= 15 is 0 Å². The summed E-state index contributed by atoms with van der Waals surface area (Å²) < 4.78 is 26.0. The summed E-state index contributed by atoms with van der Waals surface area (Å²) in [6.45, 7) is 13.4. The van der Waals surface area contributed by atoms with E-state index in [0.717, 1.165) is 67.9 Å². The van der Waals surface area contributed by atoms with Crippen LogP contribution in [-0.4, -0.2) is 73.5 Å². The molecule has 1 aromatic rings.